The zero-order valence-electron chi connectivity index (χ0n) is 10.7. The quantitative estimate of drug-likeness (QED) is 0.745. The Morgan fingerprint density at radius 2 is 2.06 bits per heavy atom. The zero-order chi connectivity index (χ0) is 11.9. The second kappa shape index (κ2) is 6.77. The largest absolute Gasteiger partial charge is 0.385 e. The topological polar surface area (TPSA) is 21.3 Å². The van der Waals surface area contributed by atoms with Crippen molar-refractivity contribution >= 4 is 0 Å². The average molecular weight is 233 g/mol. The predicted octanol–water partition coefficient (Wildman–Crippen LogP) is 2.63. The van der Waals surface area contributed by atoms with Crippen LogP contribution in [0.2, 0.25) is 0 Å². The molecule has 1 aliphatic carbocycles. The van der Waals surface area contributed by atoms with Gasteiger partial charge in [-0.2, -0.15) is 0 Å². The normalized spacial score (nSPS) is 17.0. The highest BCUT2D eigenvalue weighted by atomic mass is 16.5. The van der Waals surface area contributed by atoms with E-state index in [4.69, 9.17) is 4.74 Å². The number of hydrogen-bond donors (Lipinski definition) is 1. The first-order valence-electron chi connectivity index (χ1n) is 6.64. The summed E-state index contributed by atoms with van der Waals surface area (Å²) in [5.74, 6) is 0.693. The maximum absolute atomic E-state index is 5.20. The highest BCUT2D eigenvalue weighted by Crippen LogP contribution is 2.20. The fourth-order valence-electron chi connectivity index (χ4n) is 2.13. The highest BCUT2D eigenvalue weighted by Gasteiger charge is 2.21. The third-order valence-corrected chi connectivity index (χ3v) is 3.37. The molecule has 0 spiro atoms. The van der Waals surface area contributed by atoms with Crippen LogP contribution in [0.25, 0.3) is 0 Å². The standard InChI is InChI=1S/C15H23NO/c1-17-10-9-14(12-16-15-7-8-15)11-13-5-3-2-4-6-13/h2-6,14-16H,7-12H2,1H3. The van der Waals surface area contributed by atoms with Gasteiger partial charge in [-0.1, -0.05) is 30.3 Å². The number of benzene rings is 1. The molecule has 0 bridgehead atoms. The van der Waals surface area contributed by atoms with Gasteiger partial charge in [0.1, 0.15) is 0 Å². The van der Waals surface area contributed by atoms with Gasteiger partial charge in [0.05, 0.1) is 0 Å². The summed E-state index contributed by atoms with van der Waals surface area (Å²) in [6, 6.07) is 11.6. The van der Waals surface area contributed by atoms with Gasteiger partial charge in [0.25, 0.3) is 0 Å². The van der Waals surface area contributed by atoms with Crippen molar-refractivity contribution in [3.05, 3.63) is 35.9 Å². The molecule has 17 heavy (non-hydrogen) atoms. The number of hydrogen-bond acceptors (Lipinski definition) is 2. The van der Waals surface area contributed by atoms with Gasteiger partial charge in [0.2, 0.25) is 0 Å². The lowest BCUT2D eigenvalue weighted by molar-refractivity contribution is 0.176. The Labute approximate surface area is 104 Å². The van der Waals surface area contributed by atoms with E-state index in [0.29, 0.717) is 5.92 Å². The van der Waals surface area contributed by atoms with Crippen LogP contribution in [-0.4, -0.2) is 26.3 Å². The van der Waals surface area contributed by atoms with Crippen molar-refractivity contribution in [2.24, 2.45) is 5.92 Å². The van der Waals surface area contributed by atoms with Gasteiger partial charge in [-0.05, 0) is 43.7 Å². The molecule has 0 saturated heterocycles. The first kappa shape index (κ1) is 12.6. The molecule has 1 N–H and O–H groups in total. The molecule has 1 saturated carbocycles. The highest BCUT2D eigenvalue weighted by molar-refractivity contribution is 5.15. The van der Waals surface area contributed by atoms with E-state index in [-0.39, 0.29) is 0 Å². The third kappa shape index (κ3) is 4.88. The Balaban J connectivity index is 1.80. The molecule has 1 aromatic carbocycles. The molecular weight excluding hydrogens is 210 g/mol. The molecule has 2 rings (SSSR count). The van der Waals surface area contributed by atoms with E-state index in [9.17, 15) is 0 Å². The lowest BCUT2D eigenvalue weighted by Crippen LogP contribution is -2.27. The number of ether oxygens (including phenoxy) is 1. The van der Waals surface area contributed by atoms with Gasteiger partial charge < -0.3 is 10.1 Å². The molecule has 1 atom stereocenters. The molecule has 0 aliphatic heterocycles. The fourth-order valence-corrected chi connectivity index (χ4v) is 2.13. The molecule has 0 aromatic heterocycles. The van der Waals surface area contributed by atoms with Crippen molar-refractivity contribution < 1.29 is 4.74 Å². The van der Waals surface area contributed by atoms with Crippen molar-refractivity contribution in [3.8, 4) is 0 Å². The summed E-state index contributed by atoms with van der Waals surface area (Å²) < 4.78 is 5.20. The van der Waals surface area contributed by atoms with Crippen LogP contribution in [0.1, 0.15) is 24.8 Å². The Kier molecular flexibility index (Phi) is 5.02. The van der Waals surface area contributed by atoms with Crippen LogP contribution in [0.4, 0.5) is 0 Å². The maximum Gasteiger partial charge on any atom is 0.0465 e. The Morgan fingerprint density at radius 3 is 2.71 bits per heavy atom. The molecule has 1 aliphatic rings. The lowest BCUT2D eigenvalue weighted by Gasteiger charge is -2.17. The van der Waals surface area contributed by atoms with E-state index in [1.807, 2.05) is 0 Å². The minimum absolute atomic E-state index is 0.693. The minimum Gasteiger partial charge on any atom is -0.385 e. The minimum atomic E-state index is 0.693. The summed E-state index contributed by atoms with van der Waals surface area (Å²) >= 11 is 0. The maximum atomic E-state index is 5.20. The van der Waals surface area contributed by atoms with Crippen LogP contribution in [0, 0.1) is 5.92 Å². The average Bonchev–Trinajstić information content (AvgIpc) is 3.18. The summed E-state index contributed by atoms with van der Waals surface area (Å²) in [5.41, 5.74) is 1.44. The number of rotatable bonds is 8. The van der Waals surface area contributed by atoms with Gasteiger partial charge in [-0.25, -0.2) is 0 Å². The second-order valence-electron chi connectivity index (χ2n) is 5.02. The molecule has 1 aromatic rings. The van der Waals surface area contributed by atoms with Crippen molar-refractivity contribution in [1.29, 1.82) is 0 Å². The van der Waals surface area contributed by atoms with Crippen molar-refractivity contribution in [3.63, 3.8) is 0 Å². The molecule has 2 nitrogen and oxygen atoms in total. The molecule has 2 heteroatoms. The van der Waals surface area contributed by atoms with Crippen molar-refractivity contribution in [1.82, 2.24) is 5.32 Å². The SMILES string of the molecule is COCCC(CNC1CC1)Cc1ccccc1. The Hall–Kier alpha value is -0.860. The second-order valence-corrected chi connectivity index (χ2v) is 5.02. The summed E-state index contributed by atoms with van der Waals surface area (Å²) in [4.78, 5) is 0. The van der Waals surface area contributed by atoms with E-state index in [1.54, 1.807) is 7.11 Å². The smallest absolute Gasteiger partial charge is 0.0465 e. The van der Waals surface area contributed by atoms with Crippen LogP contribution in [0.5, 0.6) is 0 Å². The molecular formula is C15H23NO. The van der Waals surface area contributed by atoms with Crippen LogP contribution < -0.4 is 5.32 Å². The van der Waals surface area contributed by atoms with Gasteiger partial charge in [-0.3, -0.25) is 0 Å². The van der Waals surface area contributed by atoms with E-state index in [2.05, 4.69) is 35.6 Å². The summed E-state index contributed by atoms with van der Waals surface area (Å²) in [7, 11) is 1.79. The summed E-state index contributed by atoms with van der Waals surface area (Å²) in [6.07, 6.45) is 5.03. The van der Waals surface area contributed by atoms with Gasteiger partial charge in [-0.15, -0.1) is 0 Å². The van der Waals surface area contributed by atoms with Crippen LogP contribution >= 0.6 is 0 Å². The van der Waals surface area contributed by atoms with E-state index in [0.717, 1.165) is 32.0 Å². The molecule has 0 amide bonds. The van der Waals surface area contributed by atoms with E-state index < -0.39 is 0 Å². The predicted molar refractivity (Wildman–Crippen MR) is 71.2 cm³/mol. The molecule has 0 radical (unpaired) electrons. The monoisotopic (exact) mass is 233 g/mol. The number of nitrogens with one attached hydrogen (secondary N) is 1. The van der Waals surface area contributed by atoms with Crippen LogP contribution in [0.3, 0.4) is 0 Å². The summed E-state index contributed by atoms with van der Waals surface area (Å²) in [5, 5.41) is 3.63. The van der Waals surface area contributed by atoms with Gasteiger partial charge in [0, 0.05) is 19.8 Å². The molecule has 1 unspecified atom stereocenters. The van der Waals surface area contributed by atoms with Crippen LogP contribution in [-0.2, 0) is 11.2 Å². The first-order chi connectivity index (χ1) is 8.38. The Bertz CT molecular complexity index is 308. The fraction of sp³-hybridized carbons (Fsp3) is 0.600. The molecule has 0 heterocycles. The van der Waals surface area contributed by atoms with Crippen LogP contribution in [0.15, 0.2) is 30.3 Å². The van der Waals surface area contributed by atoms with Gasteiger partial charge >= 0.3 is 0 Å². The molecule has 94 valence electrons. The molecule has 1 fully saturated rings. The van der Waals surface area contributed by atoms with Gasteiger partial charge in [0.15, 0.2) is 0 Å². The first-order valence-corrected chi connectivity index (χ1v) is 6.64. The van der Waals surface area contributed by atoms with E-state index >= 15 is 0 Å². The lowest BCUT2D eigenvalue weighted by atomic mass is 9.96. The van der Waals surface area contributed by atoms with Crippen molar-refractivity contribution in [2.75, 3.05) is 20.3 Å². The zero-order valence-corrected chi connectivity index (χ0v) is 10.7. The number of methoxy groups -OCH3 is 1. The van der Waals surface area contributed by atoms with E-state index in [1.165, 1.54) is 18.4 Å². The Morgan fingerprint density at radius 1 is 1.29 bits per heavy atom. The third-order valence-electron chi connectivity index (χ3n) is 3.37. The summed E-state index contributed by atoms with van der Waals surface area (Å²) in [6.45, 7) is 1.99. The van der Waals surface area contributed by atoms with Crippen molar-refractivity contribution in [2.45, 2.75) is 31.7 Å².